The van der Waals surface area contributed by atoms with E-state index in [1.54, 1.807) is 30.3 Å². The molecule has 1 saturated heterocycles. The number of ether oxygens (including phenoxy) is 3. The molecule has 3 aromatic rings. The molecule has 2 heterocycles. The van der Waals surface area contributed by atoms with E-state index >= 15 is 0 Å². The molecule has 35 heavy (non-hydrogen) atoms. The molecule has 0 spiro atoms. The number of esters is 1. The average Bonchev–Trinajstić information content (AvgIpc) is 3.50. The van der Waals surface area contributed by atoms with E-state index in [0.717, 1.165) is 16.7 Å². The summed E-state index contributed by atoms with van der Waals surface area (Å²) in [6.45, 7) is 1.20. The molecule has 0 radical (unpaired) electrons. The van der Waals surface area contributed by atoms with Crippen molar-refractivity contribution in [1.82, 2.24) is 10.2 Å². The van der Waals surface area contributed by atoms with Gasteiger partial charge in [0.1, 0.15) is 11.9 Å². The Morgan fingerprint density at radius 2 is 1.83 bits per heavy atom. The van der Waals surface area contributed by atoms with Gasteiger partial charge in [0.25, 0.3) is 5.91 Å². The number of hydrogen-bond acceptors (Lipinski definition) is 6. The standard InChI is InChI=1S/C27H25FN2O5/c1-33-27(32)23-13-22(15-30(23)14-17-5-10-24-25(11-17)35-16-34-24)29-26(31)20-4-2-3-19(12-20)18-6-8-21(28)9-7-18/h2-12,22-23H,13-16H2,1H3,(H,29,31)/t22-,23-/m0/s1. The molecule has 180 valence electrons. The predicted octanol–water partition coefficient (Wildman–Crippen LogP) is 3.77. The van der Waals surface area contributed by atoms with Crippen LogP contribution in [0.3, 0.4) is 0 Å². The van der Waals surface area contributed by atoms with Crippen LogP contribution in [0.25, 0.3) is 11.1 Å². The molecule has 0 bridgehead atoms. The number of fused-ring (bicyclic) bond motifs is 1. The number of halogens is 1. The Labute approximate surface area is 202 Å². The van der Waals surface area contributed by atoms with Gasteiger partial charge in [0, 0.05) is 24.7 Å². The lowest BCUT2D eigenvalue weighted by Crippen LogP contribution is -2.37. The molecule has 7 nitrogen and oxygen atoms in total. The highest BCUT2D eigenvalue weighted by molar-refractivity contribution is 5.95. The zero-order valence-electron chi connectivity index (χ0n) is 19.2. The summed E-state index contributed by atoms with van der Waals surface area (Å²) in [5.41, 5.74) is 3.11. The van der Waals surface area contributed by atoms with Crippen LogP contribution in [0.1, 0.15) is 22.3 Å². The first kappa shape index (κ1) is 22.9. The van der Waals surface area contributed by atoms with E-state index in [4.69, 9.17) is 14.2 Å². The maximum Gasteiger partial charge on any atom is 0.323 e. The van der Waals surface area contributed by atoms with Crippen molar-refractivity contribution in [2.45, 2.75) is 25.0 Å². The van der Waals surface area contributed by atoms with Gasteiger partial charge in [-0.3, -0.25) is 14.5 Å². The SMILES string of the molecule is COC(=O)[C@@H]1C[C@H](NC(=O)c2cccc(-c3ccc(F)cc3)c2)CN1Cc1ccc2c(c1)OCO2. The summed E-state index contributed by atoms with van der Waals surface area (Å²) in [6.07, 6.45) is 0.445. The summed E-state index contributed by atoms with van der Waals surface area (Å²) >= 11 is 0. The van der Waals surface area contributed by atoms with Crippen LogP contribution in [-0.4, -0.2) is 49.3 Å². The number of carbonyl (C=O) groups is 2. The van der Waals surface area contributed by atoms with Gasteiger partial charge in [-0.2, -0.15) is 0 Å². The van der Waals surface area contributed by atoms with Gasteiger partial charge in [0.2, 0.25) is 6.79 Å². The van der Waals surface area contributed by atoms with Crippen molar-refractivity contribution >= 4 is 11.9 Å². The fourth-order valence-electron chi connectivity index (χ4n) is 4.59. The van der Waals surface area contributed by atoms with Crippen molar-refractivity contribution < 1.29 is 28.2 Å². The second-order valence-corrected chi connectivity index (χ2v) is 8.65. The number of amides is 1. The summed E-state index contributed by atoms with van der Waals surface area (Å²) in [5, 5.41) is 3.06. The Balaban J connectivity index is 1.28. The van der Waals surface area contributed by atoms with Gasteiger partial charge in [-0.15, -0.1) is 0 Å². The molecule has 0 unspecified atom stereocenters. The first-order chi connectivity index (χ1) is 17.0. The third kappa shape index (κ3) is 4.97. The first-order valence-corrected chi connectivity index (χ1v) is 11.4. The van der Waals surface area contributed by atoms with Gasteiger partial charge in [-0.25, -0.2) is 4.39 Å². The van der Waals surface area contributed by atoms with Gasteiger partial charge < -0.3 is 19.5 Å². The van der Waals surface area contributed by atoms with Crippen molar-refractivity contribution in [3.63, 3.8) is 0 Å². The maximum absolute atomic E-state index is 13.3. The Kier molecular flexibility index (Phi) is 6.37. The number of rotatable bonds is 6. The van der Waals surface area contributed by atoms with Crippen LogP contribution in [-0.2, 0) is 16.1 Å². The second-order valence-electron chi connectivity index (χ2n) is 8.65. The maximum atomic E-state index is 13.3. The number of hydrogen-bond donors (Lipinski definition) is 1. The summed E-state index contributed by atoms with van der Waals surface area (Å²) in [5.74, 6) is 0.512. The monoisotopic (exact) mass is 476 g/mol. The highest BCUT2D eigenvalue weighted by Crippen LogP contribution is 2.33. The molecule has 2 aliphatic heterocycles. The number of nitrogens with one attached hydrogen (secondary N) is 1. The molecule has 1 amide bonds. The zero-order valence-corrected chi connectivity index (χ0v) is 19.2. The third-order valence-electron chi connectivity index (χ3n) is 6.34. The molecular formula is C27H25FN2O5. The molecule has 5 rings (SSSR count). The Hall–Kier alpha value is -3.91. The van der Waals surface area contributed by atoms with Crippen molar-refractivity contribution in [2.24, 2.45) is 0 Å². The van der Waals surface area contributed by atoms with Gasteiger partial charge in [0.05, 0.1) is 7.11 Å². The van der Waals surface area contributed by atoms with Gasteiger partial charge in [-0.1, -0.05) is 30.3 Å². The van der Waals surface area contributed by atoms with Crippen molar-refractivity contribution in [1.29, 1.82) is 0 Å². The molecule has 1 N–H and O–H groups in total. The predicted molar refractivity (Wildman–Crippen MR) is 126 cm³/mol. The molecule has 2 aliphatic rings. The topological polar surface area (TPSA) is 77.1 Å². The molecule has 0 aliphatic carbocycles. The zero-order chi connectivity index (χ0) is 24.4. The molecule has 0 saturated carbocycles. The minimum absolute atomic E-state index is 0.198. The lowest BCUT2D eigenvalue weighted by molar-refractivity contribution is -0.146. The normalized spacial score (nSPS) is 18.9. The molecule has 8 heteroatoms. The third-order valence-corrected chi connectivity index (χ3v) is 6.34. The van der Waals surface area contributed by atoms with E-state index in [-0.39, 0.29) is 30.5 Å². The smallest absolute Gasteiger partial charge is 0.323 e. The minimum Gasteiger partial charge on any atom is -0.468 e. The highest BCUT2D eigenvalue weighted by Gasteiger charge is 2.38. The van der Waals surface area contributed by atoms with Crippen molar-refractivity contribution in [3.05, 3.63) is 83.7 Å². The van der Waals surface area contributed by atoms with E-state index in [1.165, 1.54) is 19.2 Å². The van der Waals surface area contributed by atoms with E-state index in [9.17, 15) is 14.0 Å². The molecular weight excluding hydrogens is 451 g/mol. The van der Waals surface area contributed by atoms with Crippen molar-refractivity contribution in [3.8, 4) is 22.6 Å². The minimum atomic E-state index is -0.471. The van der Waals surface area contributed by atoms with Crippen LogP contribution in [0, 0.1) is 5.82 Å². The summed E-state index contributed by atoms with van der Waals surface area (Å²) < 4.78 is 29.1. The van der Waals surface area contributed by atoms with Gasteiger partial charge >= 0.3 is 5.97 Å². The Bertz CT molecular complexity index is 1250. The second kappa shape index (κ2) is 9.76. The number of benzene rings is 3. The fraction of sp³-hybridized carbons (Fsp3) is 0.259. The van der Waals surface area contributed by atoms with Crippen LogP contribution < -0.4 is 14.8 Å². The van der Waals surface area contributed by atoms with Crippen molar-refractivity contribution in [2.75, 3.05) is 20.4 Å². The number of methoxy groups -OCH3 is 1. The fourth-order valence-corrected chi connectivity index (χ4v) is 4.59. The van der Waals surface area contributed by atoms with E-state index in [0.29, 0.717) is 36.6 Å². The average molecular weight is 477 g/mol. The van der Waals surface area contributed by atoms with Gasteiger partial charge in [0.15, 0.2) is 11.5 Å². The summed E-state index contributed by atoms with van der Waals surface area (Å²) in [4.78, 5) is 27.5. The van der Waals surface area contributed by atoms with Gasteiger partial charge in [-0.05, 0) is 59.5 Å². The van der Waals surface area contributed by atoms with E-state index < -0.39 is 6.04 Å². The first-order valence-electron chi connectivity index (χ1n) is 11.4. The van der Waals surface area contributed by atoms with Crippen LogP contribution >= 0.6 is 0 Å². The quantitative estimate of drug-likeness (QED) is 0.546. The summed E-state index contributed by atoms with van der Waals surface area (Å²) in [6, 6.07) is 18.3. The lowest BCUT2D eigenvalue weighted by atomic mass is 10.0. The summed E-state index contributed by atoms with van der Waals surface area (Å²) in [7, 11) is 1.37. The number of likely N-dealkylation sites (tertiary alicyclic amines) is 1. The Morgan fingerprint density at radius 1 is 1.03 bits per heavy atom. The number of carbonyl (C=O) groups excluding carboxylic acids is 2. The largest absolute Gasteiger partial charge is 0.468 e. The molecule has 3 aromatic carbocycles. The molecule has 1 fully saturated rings. The van der Waals surface area contributed by atoms with Crippen LogP contribution in [0.4, 0.5) is 4.39 Å². The van der Waals surface area contributed by atoms with Crippen LogP contribution in [0.15, 0.2) is 66.7 Å². The lowest BCUT2D eigenvalue weighted by Gasteiger charge is -2.22. The van der Waals surface area contributed by atoms with E-state index in [1.807, 2.05) is 29.2 Å². The number of nitrogens with zero attached hydrogens (tertiary/aromatic N) is 1. The Morgan fingerprint density at radius 3 is 2.63 bits per heavy atom. The van der Waals surface area contributed by atoms with Crippen LogP contribution in [0.2, 0.25) is 0 Å². The molecule has 0 aromatic heterocycles. The molecule has 2 atom stereocenters. The van der Waals surface area contributed by atoms with Crippen LogP contribution in [0.5, 0.6) is 11.5 Å². The highest BCUT2D eigenvalue weighted by atomic mass is 19.1. The van der Waals surface area contributed by atoms with E-state index in [2.05, 4.69) is 5.32 Å².